The fraction of sp³-hybridized carbons (Fsp3) is 1.00. The molecule has 0 saturated carbocycles. The van der Waals surface area contributed by atoms with Gasteiger partial charge in [0.2, 0.25) is 0 Å². The molecule has 0 N–H and O–H groups in total. The maximum Gasteiger partial charge on any atom is 1.00 e. The van der Waals surface area contributed by atoms with Crippen molar-refractivity contribution in [3.8, 4) is 0 Å². The number of hydrogen-bond acceptors (Lipinski definition) is 4. The first kappa shape index (κ1) is 25.9. The summed E-state index contributed by atoms with van der Waals surface area (Å²) in [5.74, 6) is 0. The molecule has 8 heteroatoms. The van der Waals surface area contributed by atoms with Gasteiger partial charge < -0.3 is 18.8 Å². The molecule has 0 saturated heterocycles. The van der Waals surface area contributed by atoms with E-state index in [1.807, 2.05) is 0 Å². The van der Waals surface area contributed by atoms with Gasteiger partial charge in [0.25, 0.3) is 0 Å². The fourth-order valence-corrected chi connectivity index (χ4v) is 0.681. The quantitative estimate of drug-likeness (QED) is 0.338. The minimum atomic E-state index is -4.93. The molecule has 0 amide bonds. The molecule has 0 aliphatic heterocycles. The second-order valence-electron chi connectivity index (χ2n) is 1.35. The van der Waals surface area contributed by atoms with Gasteiger partial charge in [-0.05, 0) is 6.42 Å². The Morgan fingerprint density at radius 2 is 1.45 bits per heavy atom. The van der Waals surface area contributed by atoms with E-state index in [4.69, 9.17) is 0 Å². The van der Waals surface area contributed by atoms with Crippen LogP contribution in [0.5, 0.6) is 0 Å². The van der Waals surface area contributed by atoms with Gasteiger partial charge in [0.1, 0.15) is 0 Å². The van der Waals surface area contributed by atoms with Crippen molar-refractivity contribution < 1.29 is 225 Å². The molecule has 0 rings (SSSR count). The van der Waals surface area contributed by atoms with E-state index in [0.717, 1.165) is 0 Å². The summed E-state index contributed by atoms with van der Waals surface area (Å²) in [5, 5.41) is 0. The van der Waals surface area contributed by atoms with Crippen molar-refractivity contribution in [3.05, 3.63) is 0 Å². The van der Waals surface area contributed by atoms with Crippen LogP contribution in [0.15, 0.2) is 0 Å². The van der Waals surface area contributed by atoms with E-state index >= 15 is 0 Å². The van der Waals surface area contributed by atoms with Crippen LogP contribution in [0.4, 0.5) is 0 Å². The second kappa shape index (κ2) is 16.2. The maximum absolute atomic E-state index is 9.67. The average Bonchev–Trinajstić information content (AvgIpc) is 1.59. The van der Waals surface area contributed by atoms with E-state index in [9.17, 15) is 14.4 Å². The minimum Gasteiger partial charge on any atom is -0.861 e. The Hall–Kier alpha value is 6.21. The van der Waals surface area contributed by atoms with Crippen LogP contribution in [0.3, 0.4) is 0 Å². The Labute approximate surface area is 245 Å². The summed E-state index contributed by atoms with van der Waals surface area (Å²) in [7, 11) is -4.93. The van der Waals surface area contributed by atoms with E-state index in [1.165, 1.54) is 0 Å². The molecular formula is C3H7Cs3O4Si. The molecule has 0 radical (unpaired) electrons. The summed E-state index contributed by atoms with van der Waals surface area (Å²) in [6, 6.07) is 0. The van der Waals surface area contributed by atoms with Gasteiger partial charge in [-0.15, -0.1) is 9.05 Å². The van der Waals surface area contributed by atoms with Crippen molar-refractivity contribution in [1.29, 1.82) is 0 Å². The Bertz CT molecular complexity index is 68.1. The molecular weight excluding hydrogens is 527 g/mol. The predicted molar refractivity (Wildman–Crippen MR) is 22.0 cm³/mol. The molecule has 0 spiro atoms. The van der Waals surface area contributed by atoms with E-state index in [0.29, 0.717) is 6.42 Å². The molecule has 4 nitrogen and oxygen atoms in total. The zero-order valence-electron chi connectivity index (χ0n) is 7.55. The summed E-state index contributed by atoms with van der Waals surface area (Å²) in [4.78, 5) is 29.0. The van der Waals surface area contributed by atoms with Crippen LogP contribution in [-0.2, 0) is 4.43 Å². The van der Waals surface area contributed by atoms with Crippen molar-refractivity contribution in [1.82, 2.24) is 0 Å². The number of rotatable bonds is 3. The third-order valence-corrected chi connectivity index (χ3v) is 1.04. The smallest absolute Gasteiger partial charge is 0.861 e. The molecule has 0 aromatic carbocycles. The average molecular weight is 534 g/mol. The van der Waals surface area contributed by atoms with E-state index in [1.54, 1.807) is 6.92 Å². The first-order valence-corrected chi connectivity index (χ1v) is 3.95. The van der Waals surface area contributed by atoms with Crippen molar-refractivity contribution in [2.45, 2.75) is 13.3 Å². The molecule has 0 fully saturated rings. The second-order valence-corrected chi connectivity index (χ2v) is 2.64. The first-order chi connectivity index (χ1) is 3.56. The molecule has 0 bridgehead atoms. The summed E-state index contributed by atoms with van der Waals surface area (Å²) >= 11 is 0. The third-order valence-electron chi connectivity index (χ3n) is 0.483. The largest absolute Gasteiger partial charge is 1.00 e. The topological polar surface area (TPSA) is 78.4 Å². The summed E-state index contributed by atoms with van der Waals surface area (Å²) < 4.78 is 3.85. The third kappa shape index (κ3) is 26.0. The monoisotopic (exact) mass is 534 g/mol. The van der Waals surface area contributed by atoms with Crippen molar-refractivity contribution in [3.63, 3.8) is 0 Å². The van der Waals surface area contributed by atoms with Crippen LogP contribution in [-0.4, -0.2) is 15.7 Å². The Morgan fingerprint density at radius 1 is 1.09 bits per heavy atom. The Morgan fingerprint density at radius 3 is 1.55 bits per heavy atom. The minimum absolute atomic E-state index is 0. The van der Waals surface area contributed by atoms with Gasteiger partial charge in [-0.25, -0.2) is 0 Å². The van der Waals surface area contributed by atoms with Gasteiger partial charge >= 0.3 is 207 Å². The summed E-state index contributed by atoms with van der Waals surface area (Å²) in [6.07, 6.45) is 0.543. The molecule has 0 aromatic rings. The summed E-state index contributed by atoms with van der Waals surface area (Å²) in [6.45, 7) is 1.73. The predicted octanol–water partition coefficient (Wildman–Crippen LogP) is -12.1. The van der Waals surface area contributed by atoms with Gasteiger partial charge in [0.05, 0.1) is 0 Å². The molecule has 0 unspecified atom stereocenters. The van der Waals surface area contributed by atoms with Crippen molar-refractivity contribution in [2.24, 2.45) is 0 Å². The van der Waals surface area contributed by atoms with Crippen LogP contribution >= 0.6 is 0 Å². The van der Waals surface area contributed by atoms with Gasteiger partial charge in [-0.1, -0.05) is 6.92 Å². The molecule has 0 aliphatic carbocycles. The molecule has 0 atom stereocenters. The molecule has 50 valence electrons. The zero-order chi connectivity index (χ0) is 6.62. The zero-order valence-corrected chi connectivity index (χ0v) is 27.4. The molecule has 0 aromatic heterocycles. The maximum atomic E-state index is 9.67. The van der Waals surface area contributed by atoms with Gasteiger partial charge in [0, 0.05) is 6.61 Å². The van der Waals surface area contributed by atoms with Crippen LogP contribution in [0.25, 0.3) is 0 Å². The van der Waals surface area contributed by atoms with Gasteiger partial charge in [-0.3, -0.25) is 0 Å². The normalized spacial score (nSPS) is 8.73. The van der Waals surface area contributed by atoms with Crippen LogP contribution in [0, 0.1) is 0 Å². The Kier molecular flexibility index (Phi) is 38.2. The van der Waals surface area contributed by atoms with Crippen molar-refractivity contribution >= 4 is 9.05 Å². The van der Waals surface area contributed by atoms with Gasteiger partial charge in [0.15, 0.2) is 0 Å². The number of hydrogen-bond donors (Lipinski definition) is 0. The molecule has 11 heavy (non-hydrogen) atoms. The van der Waals surface area contributed by atoms with Crippen LogP contribution in [0.2, 0.25) is 0 Å². The van der Waals surface area contributed by atoms with E-state index < -0.39 is 9.05 Å². The first-order valence-electron chi connectivity index (χ1n) is 2.31. The van der Waals surface area contributed by atoms with Crippen LogP contribution < -0.4 is 221 Å². The van der Waals surface area contributed by atoms with Crippen LogP contribution in [0.1, 0.15) is 13.3 Å². The fourth-order valence-electron chi connectivity index (χ4n) is 0.227. The summed E-state index contributed by atoms with van der Waals surface area (Å²) in [5.41, 5.74) is 0. The van der Waals surface area contributed by atoms with Crippen molar-refractivity contribution in [2.75, 3.05) is 6.61 Å². The van der Waals surface area contributed by atoms with Gasteiger partial charge in [-0.2, -0.15) is 0 Å². The molecule has 0 heterocycles. The Balaban J connectivity index is -0.0000000817. The van der Waals surface area contributed by atoms with E-state index in [2.05, 4.69) is 4.43 Å². The SMILES string of the molecule is CCCO[Si]([O-])([O-])[O-].[Cs+].[Cs+].[Cs+]. The standard InChI is InChI=1S/C3H7O4Si.3Cs/c1-2-3-7-8(4,5)6;;;/h2-3H2,1H3;;;/q-3;3*+1. The molecule has 0 aliphatic rings. The van der Waals surface area contributed by atoms with E-state index in [-0.39, 0.29) is 213 Å².